The Morgan fingerprint density at radius 1 is 1.50 bits per heavy atom. The molecule has 0 spiro atoms. The van der Waals surface area contributed by atoms with Crippen LogP contribution in [0.5, 0.6) is 5.75 Å². The molecule has 1 rings (SSSR count). The Morgan fingerprint density at radius 3 is 2.83 bits per heavy atom. The Labute approximate surface area is 67.3 Å². The number of nitrogens with zero attached hydrogens (tertiary/aromatic N) is 1. The predicted molar refractivity (Wildman–Crippen MR) is 38.7 cm³/mol. The number of nitrogens with two attached hydrogens (primary N) is 1. The number of ether oxygens (including phenoxy) is 1. The van der Waals surface area contributed by atoms with Crippen molar-refractivity contribution in [1.82, 2.24) is 4.98 Å². The van der Waals surface area contributed by atoms with Crippen molar-refractivity contribution in [2.24, 2.45) is 5.84 Å². The molecular formula is C6H7F2N3O. The lowest BCUT2D eigenvalue weighted by Gasteiger charge is -2.04. The van der Waals surface area contributed by atoms with Crippen LogP contribution in [-0.4, -0.2) is 11.6 Å². The van der Waals surface area contributed by atoms with E-state index in [4.69, 9.17) is 5.84 Å². The summed E-state index contributed by atoms with van der Waals surface area (Å²) in [6.45, 7) is -2.85. The summed E-state index contributed by atoms with van der Waals surface area (Å²) in [5.74, 6) is 4.99. The first-order chi connectivity index (χ1) is 5.72. The molecule has 1 heterocycles. The van der Waals surface area contributed by atoms with Crippen molar-refractivity contribution in [3.8, 4) is 5.75 Å². The van der Waals surface area contributed by atoms with Crippen LogP contribution in [0.25, 0.3) is 0 Å². The lowest BCUT2D eigenvalue weighted by molar-refractivity contribution is -0.0500. The van der Waals surface area contributed by atoms with Crippen molar-refractivity contribution in [3.05, 3.63) is 18.5 Å². The topological polar surface area (TPSA) is 60.2 Å². The number of nitrogen functional groups attached to an aromatic ring is 1. The summed E-state index contributed by atoms with van der Waals surface area (Å²) in [5.41, 5.74) is 2.66. The van der Waals surface area contributed by atoms with E-state index < -0.39 is 6.61 Å². The minimum absolute atomic E-state index is 0.0274. The number of hydrogen-bond acceptors (Lipinski definition) is 4. The van der Waals surface area contributed by atoms with Gasteiger partial charge in [-0.05, 0) is 0 Å². The summed E-state index contributed by atoms with van der Waals surface area (Å²) in [7, 11) is 0. The largest absolute Gasteiger partial charge is 0.433 e. The average Bonchev–Trinajstić information content (AvgIpc) is 2.03. The molecule has 0 amide bonds. The highest BCUT2D eigenvalue weighted by Crippen LogP contribution is 2.16. The molecule has 3 N–H and O–H groups in total. The summed E-state index contributed by atoms with van der Waals surface area (Å²) in [6.07, 6.45) is 2.56. The van der Waals surface area contributed by atoms with E-state index >= 15 is 0 Å². The van der Waals surface area contributed by atoms with Crippen LogP contribution in [0.4, 0.5) is 14.5 Å². The summed E-state index contributed by atoms with van der Waals surface area (Å²) in [5, 5.41) is 0. The van der Waals surface area contributed by atoms with Gasteiger partial charge in [-0.2, -0.15) is 8.78 Å². The number of hydrazine groups is 1. The number of aromatic nitrogens is 1. The molecule has 12 heavy (non-hydrogen) atoms. The van der Waals surface area contributed by atoms with Crippen LogP contribution >= 0.6 is 0 Å². The van der Waals surface area contributed by atoms with Gasteiger partial charge in [0.25, 0.3) is 0 Å². The Hall–Kier alpha value is -1.43. The molecule has 1 aromatic heterocycles. The van der Waals surface area contributed by atoms with Gasteiger partial charge in [0, 0.05) is 6.07 Å². The number of anilines is 1. The second kappa shape index (κ2) is 3.82. The number of rotatable bonds is 3. The van der Waals surface area contributed by atoms with Crippen LogP contribution in [0.2, 0.25) is 0 Å². The number of hydrogen-bond donors (Lipinski definition) is 2. The Kier molecular flexibility index (Phi) is 2.76. The standard InChI is InChI=1S/C6H7F2N3O/c7-6(8)12-5-1-4(11-9)2-10-3-5/h1-3,6,11H,9H2. The lowest BCUT2D eigenvalue weighted by atomic mass is 10.4. The summed E-state index contributed by atoms with van der Waals surface area (Å²) in [6, 6.07) is 1.32. The van der Waals surface area contributed by atoms with Crippen LogP contribution in [0.1, 0.15) is 0 Å². The zero-order valence-electron chi connectivity index (χ0n) is 6.00. The Morgan fingerprint density at radius 2 is 2.25 bits per heavy atom. The van der Waals surface area contributed by atoms with Crippen molar-refractivity contribution >= 4 is 5.69 Å². The highest BCUT2D eigenvalue weighted by Gasteiger charge is 2.04. The second-order valence-corrected chi connectivity index (χ2v) is 1.93. The van der Waals surface area contributed by atoms with E-state index in [9.17, 15) is 8.78 Å². The van der Waals surface area contributed by atoms with Crippen LogP contribution in [0, 0.1) is 0 Å². The van der Waals surface area contributed by atoms with E-state index in [0.29, 0.717) is 5.69 Å². The van der Waals surface area contributed by atoms with E-state index in [1.54, 1.807) is 0 Å². The van der Waals surface area contributed by atoms with Gasteiger partial charge in [0.05, 0.1) is 18.1 Å². The quantitative estimate of drug-likeness (QED) is 0.530. The third kappa shape index (κ3) is 2.31. The molecule has 0 saturated heterocycles. The average molecular weight is 175 g/mol. The minimum atomic E-state index is -2.85. The fourth-order valence-corrected chi connectivity index (χ4v) is 0.665. The van der Waals surface area contributed by atoms with Crippen molar-refractivity contribution in [1.29, 1.82) is 0 Å². The molecule has 0 saturated carbocycles. The first kappa shape index (κ1) is 8.66. The molecule has 6 heteroatoms. The van der Waals surface area contributed by atoms with Gasteiger partial charge in [0.15, 0.2) is 0 Å². The molecule has 0 radical (unpaired) electrons. The number of pyridine rings is 1. The number of halogens is 2. The highest BCUT2D eigenvalue weighted by atomic mass is 19.3. The third-order valence-corrected chi connectivity index (χ3v) is 1.10. The Balaban J connectivity index is 2.72. The maximum atomic E-state index is 11.7. The van der Waals surface area contributed by atoms with Gasteiger partial charge in [0.2, 0.25) is 0 Å². The van der Waals surface area contributed by atoms with Crippen LogP contribution < -0.4 is 16.0 Å². The van der Waals surface area contributed by atoms with Gasteiger partial charge >= 0.3 is 6.61 Å². The highest BCUT2D eigenvalue weighted by molar-refractivity contribution is 5.43. The molecule has 0 fully saturated rings. The zero-order chi connectivity index (χ0) is 8.97. The third-order valence-electron chi connectivity index (χ3n) is 1.10. The molecule has 1 aromatic rings. The minimum Gasteiger partial charge on any atom is -0.433 e. The van der Waals surface area contributed by atoms with Crippen LogP contribution in [-0.2, 0) is 0 Å². The zero-order valence-corrected chi connectivity index (χ0v) is 6.00. The van der Waals surface area contributed by atoms with Crippen LogP contribution in [0.3, 0.4) is 0 Å². The molecule has 0 aliphatic rings. The fraction of sp³-hybridized carbons (Fsp3) is 0.167. The fourth-order valence-electron chi connectivity index (χ4n) is 0.665. The van der Waals surface area contributed by atoms with Crippen LogP contribution in [0.15, 0.2) is 18.5 Å². The van der Waals surface area contributed by atoms with Gasteiger partial charge in [0.1, 0.15) is 5.75 Å². The molecule has 0 aromatic carbocycles. The molecule has 0 aliphatic carbocycles. The lowest BCUT2D eigenvalue weighted by Crippen LogP contribution is -2.08. The second-order valence-electron chi connectivity index (χ2n) is 1.93. The van der Waals surface area contributed by atoms with E-state index in [1.807, 2.05) is 0 Å². The van der Waals surface area contributed by atoms with E-state index in [-0.39, 0.29) is 5.75 Å². The Bertz CT molecular complexity index is 256. The van der Waals surface area contributed by atoms with Crippen molar-refractivity contribution < 1.29 is 13.5 Å². The van der Waals surface area contributed by atoms with Gasteiger partial charge in [-0.1, -0.05) is 0 Å². The number of alkyl halides is 2. The van der Waals surface area contributed by atoms with Crippen molar-refractivity contribution in [2.45, 2.75) is 6.61 Å². The molecule has 0 aliphatic heterocycles. The monoisotopic (exact) mass is 175 g/mol. The summed E-state index contributed by atoms with van der Waals surface area (Å²) >= 11 is 0. The SMILES string of the molecule is NNc1cncc(OC(F)F)c1. The normalized spacial score (nSPS) is 10.0. The van der Waals surface area contributed by atoms with Gasteiger partial charge in [-0.25, -0.2) is 0 Å². The molecule has 4 nitrogen and oxygen atoms in total. The van der Waals surface area contributed by atoms with E-state index in [0.717, 1.165) is 0 Å². The molecule has 66 valence electrons. The molecule has 0 unspecified atom stereocenters. The van der Waals surface area contributed by atoms with Crippen molar-refractivity contribution in [3.63, 3.8) is 0 Å². The maximum absolute atomic E-state index is 11.7. The van der Waals surface area contributed by atoms with Gasteiger partial charge in [-0.3, -0.25) is 10.8 Å². The smallest absolute Gasteiger partial charge is 0.387 e. The van der Waals surface area contributed by atoms with Crippen molar-refractivity contribution in [2.75, 3.05) is 5.43 Å². The van der Waals surface area contributed by atoms with Gasteiger partial charge in [-0.15, -0.1) is 0 Å². The molecule has 0 atom stereocenters. The van der Waals surface area contributed by atoms with E-state index in [1.165, 1.54) is 18.5 Å². The van der Waals surface area contributed by atoms with E-state index in [2.05, 4.69) is 15.1 Å². The summed E-state index contributed by atoms with van der Waals surface area (Å²) < 4.78 is 27.4. The number of nitrogens with one attached hydrogen (secondary N) is 1. The maximum Gasteiger partial charge on any atom is 0.387 e. The van der Waals surface area contributed by atoms with Gasteiger partial charge < -0.3 is 10.2 Å². The summed E-state index contributed by atoms with van der Waals surface area (Å²) in [4.78, 5) is 3.61. The molecule has 0 bridgehead atoms. The first-order valence-corrected chi connectivity index (χ1v) is 3.09. The first-order valence-electron chi connectivity index (χ1n) is 3.09. The predicted octanol–water partition coefficient (Wildman–Crippen LogP) is 0.969. The molecular weight excluding hydrogens is 168 g/mol.